The first-order valence-electron chi connectivity index (χ1n) is 1.57. The number of aliphatic carboxylic acids is 2. The van der Waals surface area contributed by atoms with Gasteiger partial charge in [-0.1, -0.05) is 0 Å². The van der Waals surface area contributed by atoms with Crippen molar-refractivity contribution in [3.8, 4) is 11.8 Å². The summed E-state index contributed by atoms with van der Waals surface area (Å²) < 4.78 is 0. The summed E-state index contributed by atoms with van der Waals surface area (Å²) >= 11 is 0. The van der Waals surface area contributed by atoms with Gasteiger partial charge < -0.3 is 19.8 Å². The molecule has 0 atom stereocenters. The van der Waals surface area contributed by atoms with Crippen LogP contribution in [0.2, 0.25) is 0 Å². The van der Waals surface area contributed by atoms with Crippen molar-refractivity contribution in [2.24, 2.45) is 0 Å². The van der Waals surface area contributed by atoms with Crippen LogP contribution in [0.4, 0.5) is 0 Å². The maximum atomic E-state index is 9.33. The smallest absolute Gasteiger partial charge is 0.537 e. The molecule has 0 spiro atoms. The summed E-state index contributed by atoms with van der Waals surface area (Å²) in [7, 11) is 0. The van der Waals surface area contributed by atoms with Gasteiger partial charge in [0.1, 0.15) is 11.9 Å². The average Bonchev–Trinajstić information content (AvgIpc) is 1.61. The zero-order valence-electron chi connectivity index (χ0n) is 5.63. The van der Waals surface area contributed by atoms with E-state index in [4.69, 9.17) is 0 Å². The Hall–Kier alpha value is 1.77. The van der Waals surface area contributed by atoms with E-state index in [0.29, 0.717) is 0 Å². The van der Waals surface area contributed by atoms with E-state index >= 15 is 0 Å². The average molecular weight is 190 g/mol. The van der Waals surface area contributed by atoms with Crippen LogP contribution >= 0.6 is 0 Å². The molecule has 0 saturated heterocycles. The van der Waals surface area contributed by atoms with E-state index in [-0.39, 0.29) is 103 Å². The molecule has 10 heavy (non-hydrogen) atoms. The van der Waals surface area contributed by atoms with Crippen molar-refractivity contribution < 1.29 is 123 Å². The first kappa shape index (κ1) is 17.8. The van der Waals surface area contributed by atoms with Crippen LogP contribution in [-0.4, -0.2) is 11.9 Å². The predicted octanol–water partition coefficient (Wildman–Crippen LogP) is -9.50. The number of carboxylic acids is 2. The molecule has 6 heteroatoms. The minimum Gasteiger partial charge on any atom is -0.537 e. The quantitative estimate of drug-likeness (QED) is 0.280. The van der Waals surface area contributed by atoms with Crippen LogP contribution in [0.15, 0.2) is 0 Å². The van der Waals surface area contributed by atoms with Gasteiger partial charge >= 0.3 is 103 Å². The van der Waals surface area contributed by atoms with Crippen molar-refractivity contribution in [3.05, 3.63) is 0 Å². The molecule has 0 bridgehead atoms. The Balaban J connectivity index is -0.000000245. The van der Waals surface area contributed by atoms with Gasteiger partial charge in [-0.25, -0.2) is 0 Å². The fourth-order valence-corrected chi connectivity index (χ4v) is 0.102. The van der Waals surface area contributed by atoms with Gasteiger partial charge in [0.15, 0.2) is 0 Å². The zero-order valence-corrected chi connectivity index (χ0v) is 11.9. The van der Waals surface area contributed by atoms with E-state index in [1.54, 1.807) is 0 Å². The van der Waals surface area contributed by atoms with Crippen molar-refractivity contribution in [2.75, 3.05) is 0 Å². The fourth-order valence-electron chi connectivity index (χ4n) is 0.102. The van der Waals surface area contributed by atoms with Crippen LogP contribution in [0.5, 0.6) is 0 Å². The number of carbonyl (C=O) groups is 2. The SMILES string of the molecule is O=C([O-])C#CC(=O)[O-].[K+].[K+]. The summed E-state index contributed by atoms with van der Waals surface area (Å²) in [5.74, 6) is -0.978. The Morgan fingerprint density at radius 2 is 1.10 bits per heavy atom. The molecule has 0 aromatic carbocycles. The zero-order chi connectivity index (χ0) is 6.57. The van der Waals surface area contributed by atoms with Crippen molar-refractivity contribution in [3.63, 3.8) is 0 Å². The van der Waals surface area contributed by atoms with E-state index in [1.807, 2.05) is 0 Å². The minimum atomic E-state index is -1.73. The van der Waals surface area contributed by atoms with E-state index in [2.05, 4.69) is 0 Å². The van der Waals surface area contributed by atoms with E-state index < -0.39 is 11.9 Å². The van der Waals surface area contributed by atoms with Crippen molar-refractivity contribution in [1.29, 1.82) is 0 Å². The molecule has 0 heterocycles. The van der Waals surface area contributed by atoms with Crippen LogP contribution in [0.25, 0.3) is 0 Å². The molecular formula is C4K2O4. The molecule has 0 N–H and O–H groups in total. The van der Waals surface area contributed by atoms with Gasteiger partial charge in [-0.15, -0.1) is 0 Å². The molecule has 0 aliphatic rings. The molecular weight excluding hydrogens is 190 g/mol. The number of rotatable bonds is 0. The fraction of sp³-hybridized carbons (Fsp3) is 0. The topological polar surface area (TPSA) is 80.3 Å². The minimum absolute atomic E-state index is 0. The summed E-state index contributed by atoms with van der Waals surface area (Å²) in [4.78, 5) is 18.7. The molecule has 0 radical (unpaired) electrons. The van der Waals surface area contributed by atoms with Gasteiger partial charge in [0.25, 0.3) is 0 Å². The summed E-state index contributed by atoms with van der Waals surface area (Å²) in [6.45, 7) is 0. The van der Waals surface area contributed by atoms with Crippen LogP contribution in [0, 0.1) is 11.8 Å². The van der Waals surface area contributed by atoms with Gasteiger partial charge in [-0.05, 0) is 11.8 Å². The van der Waals surface area contributed by atoms with Crippen molar-refractivity contribution in [2.45, 2.75) is 0 Å². The number of hydrogen-bond acceptors (Lipinski definition) is 4. The van der Waals surface area contributed by atoms with Gasteiger partial charge in [0.2, 0.25) is 0 Å². The summed E-state index contributed by atoms with van der Waals surface area (Å²) in [5.41, 5.74) is 0. The Kier molecular flexibility index (Phi) is 19.1. The van der Waals surface area contributed by atoms with Crippen molar-refractivity contribution >= 4 is 11.9 Å². The normalized spacial score (nSPS) is 5.20. The van der Waals surface area contributed by atoms with Gasteiger partial charge in [0.05, 0.1) is 0 Å². The number of hydrogen-bond donors (Lipinski definition) is 0. The summed E-state index contributed by atoms with van der Waals surface area (Å²) in [5, 5.41) is 18.7. The monoisotopic (exact) mass is 190 g/mol. The predicted molar refractivity (Wildman–Crippen MR) is 17.8 cm³/mol. The Morgan fingerprint density at radius 1 is 0.900 bits per heavy atom. The van der Waals surface area contributed by atoms with Gasteiger partial charge in [-0.3, -0.25) is 0 Å². The molecule has 0 unspecified atom stereocenters. The molecule has 42 valence electrons. The maximum Gasteiger partial charge on any atom is 1.00 e. The Bertz CT molecular complexity index is 159. The largest absolute Gasteiger partial charge is 1.00 e. The van der Waals surface area contributed by atoms with Crippen LogP contribution in [0.1, 0.15) is 0 Å². The third-order valence-corrected chi connectivity index (χ3v) is 0.267. The second-order valence-electron chi connectivity index (χ2n) is 0.825. The van der Waals surface area contributed by atoms with E-state index in [0.717, 1.165) is 0 Å². The summed E-state index contributed by atoms with van der Waals surface area (Å²) in [6.07, 6.45) is 0. The Morgan fingerprint density at radius 3 is 1.20 bits per heavy atom. The second kappa shape index (κ2) is 10.8. The van der Waals surface area contributed by atoms with Gasteiger partial charge in [-0.2, -0.15) is 0 Å². The van der Waals surface area contributed by atoms with Gasteiger partial charge in [0, 0.05) is 0 Å². The molecule has 0 fully saturated rings. The second-order valence-corrected chi connectivity index (χ2v) is 0.825. The molecule has 0 aromatic heterocycles. The number of carboxylic acid groups (broad SMARTS) is 2. The molecule has 0 aliphatic carbocycles. The van der Waals surface area contributed by atoms with Crippen LogP contribution < -0.4 is 113 Å². The number of carbonyl (C=O) groups excluding carboxylic acids is 2. The van der Waals surface area contributed by atoms with Crippen LogP contribution in [0.3, 0.4) is 0 Å². The molecule has 4 nitrogen and oxygen atoms in total. The molecule has 0 amide bonds. The molecule has 0 aromatic rings. The first-order chi connectivity index (χ1) is 3.63. The third-order valence-electron chi connectivity index (χ3n) is 0.267. The molecule has 0 saturated carbocycles. The first-order valence-corrected chi connectivity index (χ1v) is 1.57. The van der Waals surface area contributed by atoms with E-state index in [1.165, 1.54) is 11.8 Å². The Labute approximate surface area is 143 Å². The van der Waals surface area contributed by atoms with E-state index in [9.17, 15) is 19.8 Å². The third kappa shape index (κ3) is 16.4. The van der Waals surface area contributed by atoms with Crippen LogP contribution in [-0.2, 0) is 9.59 Å². The standard InChI is InChI=1S/C4H2O4.2K/c5-3(6)1-2-4(7)8;;/h(H,5,6)(H,7,8);;/q;2*+1/p-2. The molecule has 0 aliphatic heterocycles. The summed E-state index contributed by atoms with van der Waals surface area (Å²) in [6, 6.07) is 0. The molecule has 0 rings (SSSR count). The maximum absolute atomic E-state index is 9.33. The van der Waals surface area contributed by atoms with Crippen molar-refractivity contribution in [1.82, 2.24) is 0 Å².